The first-order chi connectivity index (χ1) is 13.7. The van der Waals surface area contributed by atoms with Crippen LogP contribution < -0.4 is 20.3 Å². The molecule has 2 aromatic rings. The molecule has 3 rings (SSSR count). The molecule has 7 heteroatoms. The predicted molar refractivity (Wildman–Crippen MR) is 109 cm³/mol. The number of rotatable bonds is 7. The molecule has 0 atom stereocenters. The summed E-state index contributed by atoms with van der Waals surface area (Å²) in [7, 11) is 0. The molecular formula is C21H25N3O4. The van der Waals surface area contributed by atoms with Gasteiger partial charge in [-0.25, -0.2) is 0 Å². The molecule has 0 aromatic heterocycles. The Labute approximate surface area is 164 Å². The SMILES string of the molecule is CCOc1ccccc1NC(=O)CC(=O)Nc1ccccc1N1CCOCC1. The van der Waals surface area contributed by atoms with Crippen LogP contribution >= 0.6 is 0 Å². The number of nitrogens with one attached hydrogen (secondary N) is 2. The molecular weight excluding hydrogens is 358 g/mol. The van der Waals surface area contributed by atoms with E-state index >= 15 is 0 Å². The van der Waals surface area contributed by atoms with Crippen LogP contribution in [0.1, 0.15) is 13.3 Å². The van der Waals surface area contributed by atoms with E-state index in [9.17, 15) is 9.59 Å². The van der Waals surface area contributed by atoms with Crippen LogP contribution in [-0.4, -0.2) is 44.7 Å². The summed E-state index contributed by atoms with van der Waals surface area (Å²) in [6, 6.07) is 14.7. The van der Waals surface area contributed by atoms with Crippen molar-refractivity contribution >= 4 is 28.9 Å². The number of amides is 2. The van der Waals surface area contributed by atoms with E-state index < -0.39 is 5.91 Å². The highest BCUT2D eigenvalue weighted by Gasteiger charge is 2.17. The van der Waals surface area contributed by atoms with Crippen molar-refractivity contribution < 1.29 is 19.1 Å². The molecule has 2 amide bonds. The van der Waals surface area contributed by atoms with Gasteiger partial charge in [-0.3, -0.25) is 9.59 Å². The maximum absolute atomic E-state index is 12.4. The summed E-state index contributed by atoms with van der Waals surface area (Å²) in [5.41, 5.74) is 2.18. The summed E-state index contributed by atoms with van der Waals surface area (Å²) >= 11 is 0. The van der Waals surface area contributed by atoms with Gasteiger partial charge in [-0.2, -0.15) is 0 Å². The summed E-state index contributed by atoms with van der Waals surface area (Å²) in [6.45, 7) is 5.21. The smallest absolute Gasteiger partial charge is 0.233 e. The Morgan fingerprint density at radius 2 is 1.57 bits per heavy atom. The molecule has 1 saturated heterocycles. The van der Waals surface area contributed by atoms with Crippen molar-refractivity contribution in [3.05, 3.63) is 48.5 Å². The number of para-hydroxylation sites is 4. The minimum atomic E-state index is -0.395. The lowest BCUT2D eigenvalue weighted by atomic mass is 10.2. The van der Waals surface area contributed by atoms with Gasteiger partial charge in [0.1, 0.15) is 12.2 Å². The highest BCUT2D eigenvalue weighted by molar-refractivity contribution is 6.09. The maximum atomic E-state index is 12.4. The third kappa shape index (κ3) is 5.23. The van der Waals surface area contributed by atoms with Crippen LogP contribution in [0.2, 0.25) is 0 Å². The van der Waals surface area contributed by atoms with Crippen LogP contribution in [0.3, 0.4) is 0 Å². The zero-order valence-corrected chi connectivity index (χ0v) is 15.9. The third-order valence-corrected chi connectivity index (χ3v) is 4.31. The van der Waals surface area contributed by atoms with Crippen LogP contribution in [-0.2, 0) is 14.3 Å². The first-order valence-corrected chi connectivity index (χ1v) is 9.40. The average Bonchev–Trinajstić information content (AvgIpc) is 2.70. The molecule has 0 spiro atoms. The molecule has 0 bridgehead atoms. The number of anilines is 3. The minimum absolute atomic E-state index is 0.280. The molecule has 28 heavy (non-hydrogen) atoms. The second kappa shape index (κ2) is 9.75. The summed E-state index contributed by atoms with van der Waals surface area (Å²) in [5, 5.41) is 5.59. The number of benzene rings is 2. The van der Waals surface area contributed by atoms with Crippen molar-refractivity contribution in [2.75, 3.05) is 48.4 Å². The fourth-order valence-corrected chi connectivity index (χ4v) is 3.05. The largest absolute Gasteiger partial charge is 0.492 e. The monoisotopic (exact) mass is 383 g/mol. The predicted octanol–water partition coefficient (Wildman–Crippen LogP) is 2.89. The van der Waals surface area contributed by atoms with Gasteiger partial charge < -0.3 is 25.0 Å². The van der Waals surface area contributed by atoms with E-state index in [1.807, 2.05) is 37.3 Å². The Morgan fingerprint density at radius 3 is 2.29 bits per heavy atom. The highest BCUT2D eigenvalue weighted by Crippen LogP contribution is 2.27. The zero-order valence-electron chi connectivity index (χ0n) is 15.9. The molecule has 0 unspecified atom stereocenters. The van der Waals surface area contributed by atoms with Gasteiger partial charge in [0.25, 0.3) is 0 Å². The molecule has 1 fully saturated rings. The van der Waals surface area contributed by atoms with Crippen molar-refractivity contribution in [1.29, 1.82) is 0 Å². The van der Waals surface area contributed by atoms with Gasteiger partial charge in [-0.15, -0.1) is 0 Å². The van der Waals surface area contributed by atoms with Gasteiger partial charge in [0.05, 0.1) is 36.9 Å². The van der Waals surface area contributed by atoms with Crippen LogP contribution in [0.15, 0.2) is 48.5 Å². The number of carbonyl (C=O) groups excluding carboxylic acids is 2. The molecule has 0 radical (unpaired) electrons. The second-order valence-electron chi connectivity index (χ2n) is 6.32. The lowest BCUT2D eigenvalue weighted by molar-refractivity contribution is -0.123. The zero-order chi connectivity index (χ0) is 19.8. The van der Waals surface area contributed by atoms with Gasteiger partial charge in [0.2, 0.25) is 11.8 Å². The molecule has 1 heterocycles. The lowest BCUT2D eigenvalue weighted by Crippen LogP contribution is -2.36. The summed E-state index contributed by atoms with van der Waals surface area (Å²) in [5.74, 6) is -0.183. The molecule has 1 aliphatic heterocycles. The first kappa shape index (κ1) is 19.7. The number of carbonyl (C=O) groups is 2. The maximum Gasteiger partial charge on any atom is 0.233 e. The summed E-state index contributed by atoms with van der Waals surface area (Å²) in [6.07, 6.45) is -0.280. The van der Waals surface area contributed by atoms with Gasteiger partial charge in [0.15, 0.2) is 0 Å². The molecule has 148 valence electrons. The number of ether oxygens (including phenoxy) is 2. The van der Waals surface area contributed by atoms with E-state index in [-0.39, 0.29) is 12.3 Å². The Balaban J connectivity index is 1.61. The Morgan fingerprint density at radius 1 is 0.964 bits per heavy atom. The van der Waals surface area contributed by atoms with E-state index in [1.54, 1.807) is 18.2 Å². The average molecular weight is 383 g/mol. The topological polar surface area (TPSA) is 79.9 Å². The van der Waals surface area contributed by atoms with Crippen LogP contribution in [0, 0.1) is 0 Å². The molecule has 7 nitrogen and oxygen atoms in total. The van der Waals surface area contributed by atoms with Crippen LogP contribution in [0.5, 0.6) is 5.75 Å². The second-order valence-corrected chi connectivity index (χ2v) is 6.32. The van der Waals surface area contributed by atoms with Gasteiger partial charge in [0, 0.05) is 13.1 Å². The van der Waals surface area contributed by atoms with E-state index in [4.69, 9.17) is 9.47 Å². The summed E-state index contributed by atoms with van der Waals surface area (Å²) < 4.78 is 10.9. The molecule has 0 aliphatic carbocycles. The Kier molecular flexibility index (Phi) is 6.86. The number of nitrogens with zero attached hydrogens (tertiary/aromatic N) is 1. The van der Waals surface area contributed by atoms with E-state index in [2.05, 4.69) is 15.5 Å². The van der Waals surface area contributed by atoms with Crippen molar-refractivity contribution in [2.24, 2.45) is 0 Å². The lowest BCUT2D eigenvalue weighted by Gasteiger charge is -2.30. The number of hydrogen-bond donors (Lipinski definition) is 2. The fraction of sp³-hybridized carbons (Fsp3) is 0.333. The Hall–Kier alpha value is -3.06. The molecule has 2 N–H and O–H groups in total. The van der Waals surface area contributed by atoms with Crippen LogP contribution in [0.4, 0.5) is 17.1 Å². The van der Waals surface area contributed by atoms with Gasteiger partial charge in [-0.1, -0.05) is 24.3 Å². The van der Waals surface area contributed by atoms with Crippen LogP contribution in [0.25, 0.3) is 0 Å². The third-order valence-electron chi connectivity index (χ3n) is 4.31. The van der Waals surface area contributed by atoms with E-state index in [0.29, 0.717) is 36.9 Å². The van der Waals surface area contributed by atoms with Crippen molar-refractivity contribution in [3.8, 4) is 5.75 Å². The first-order valence-electron chi connectivity index (χ1n) is 9.40. The molecule has 2 aromatic carbocycles. The van der Waals surface area contributed by atoms with Crippen molar-refractivity contribution in [1.82, 2.24) is 0 Å². The minimum Gasteiger partial charge on any atom is -0.492 e. The summed E-state index contributed by atoms with van der Waals surface area (Å²) in [4.78, 5) is 26.9. The standard InChI is InChI=1S/C21H25N3O4/c1-2-28-19-10-6-4-8-17(19)23-21(26)15-20(25)22-16-7-3-5-9-18(16)24-11-13-27-14-12-24/h3-10H,2,11-15H2,1H3,(H,22,25)(H,23,26). The van der Waals surface area contributed by atoms with Crippen molar-refractivity contribution in [2.45, 2.75) is 13.3 Å². The molecule has 1 aliphatic rings. The van der Waals surface area contributed by atoms with E-state index in [0.717, 1.165) is 18.8 Å². The van der Waals surface area contributed by atoms with Crippen molar-refractivity contribution in [3.63, 3.8) is 0 Å². The number of morpholine rings is 1. The molecule has 0 saturated carbocycles. The van der Waals surface area contributed by atoms with Gasteiger partial charge in [-0.05, 0) is 31.2 Å². The Bertz CT molecular complexity index is 819. The normalized spacial score (nSPS) is 13.7. The quantitative estimate of drug-likeness (QED) is 0.719. The fourth-order valence-electron chi connectivity index (χ4n) is 3.05. The number of hydrogen-bond acceptors (Lipinski definition) is 5. The highest BCUT2D eigenvalue weighted by atomic mass is 16.5. The van der Waals surface area contributed by atoms with Gasteiger partial charge >= 0.3 is 0 Å². The van der Waals surface area contributed by atoms with E-state index in [1.165, 1.54) is 0 Å².